The Bertz CT molecular complexity index is 1030. The Balaban J connectivity index is 1.47. The molecule has 2 aromatic carbocycles. The van der Waals surface area contributed by atoms with Gasteiger partial charge in [-0.3, -0.25) is 15.0 Å². The van der Waals surface area contributed by atoms with Gasteiger partial charge in [0.1, 0.15) is 5.69 Å². The van der Waals surface area contributed by atoms with Crippen LogP contribution in [0.15, 0.2) is 48.5 Å². The van der Waals surface area contributed by atoms with Crippen LogP contribution in [-0.4, -0.2) is 38.6 Å². The van der Waals surface area contributed by atoms with Crippen molar-refractivity contribution in [1.82, 2.24) is 9.47 Å². The first-order valence-electron chi connectivity index (χ1n) is 9.95. The number of hydrogen-bond donors (Lipinski definition) is 2. The van der Waals surface area contributed by atoms with E-state index >= 15 is 0 Å². The summed E-state index contributed by atoms with van der Waals surface area (Å²) in [6.07, 6.45) is 2.02. The summed E-state index contributed by atoms with van der Waals surface area (Å²) in [7, 11) is 2.10. The number of nitrogens with one attached hydrogen (secondary N) is 1. The molecule has 1 atom stereocenters. The van der Waals surface area contributed by atoms with Gasteiger partial charge in [-0.15, -0.1) is 0 Å². The molecule has 0 bridgehead atoms. The fourth-order valence-corrected chi connectivity index (χ4v) is 4.21. The lowest BCUT2D eigenvalue weighted by molar-refractivity contribution is -0.384. The van der Waals surface area contributed by atoms with Gasteiger partial charge >= 0.3 is 0 Å². The van der Waals surface area contributed by atoms with Crippen LogP contribution in [0.1, 0.15) is 24.1 Å². The number of benzene rings is 2. The topological polar surface area (TPSA) is 83.6 Å². The number of piperidine rings is 1. The van der Waals surface area contributed by atoms with Gasteiger partial charge in [-0.25, -0.2) is 0 Å². The highest BCUT2D eigenvalue weighted by molar-refractivity contribution is 5.81. The Morgan fingerprint density at radius 3 is 2.83 bits per heavy atom. The molecule has 2 heterocycles. The van der Waals surface area contributed by atoms with E-state index in [0.29, 0.717) is 11.3 Å². The van der Waals surface area contributed by atoms with Crippen molar-refractivity contribution in [1.29, 1.82) is 0 Å². The highest BCUT2D eigenvalue weighted by Crippen LogP contribution is 2.28. The minimum absolute atomic E-state index is 0.0161. The van der Waals surface area contributed by atoms with Gasteiger partial charge in [0.15, 0.2) is 0 Å². The minimum atomic E-state index is -0.391. The number of anilines is 1. The zero-order valence-electron chi connectivity index (χ0n) is 16.5. The van der Waals surface area contributed by atoms with Crippen LogP contribution >= 0.6 is 0 Å². The van der Waals surface area contributed by atoms with Gasteiger partial charge in [0.2, 0.25) is 0 Å². The van der Waals surface area contributed by atoms with Crippen LogP contribution in [0.2, 0.25) is 0 Å². The van der Waals surface area contributed by atoms with Gasteiger partial charge < -0.3 is 15.0 Å². The molecule has 0 amide bonds. The molecule has 4 rings (SSSR count). The summed E-state index contributed by atoms with van der Waals surface area (Å²) >= 11 is 0. The Kier molecular flexibility index (Phi) is 5.51. The summed E-state index contributed by atoms with van der Waals surface area (Å²) in [5.41, 5.74) is 3.58. The summed E-state index contributed by atoms with van der Waals surface area (Å²) in [5.74, 6) is 0. The second-order valence-corrected chi connectivity index (χ2v) is 7.74. The first-order valence-corrected chi connectivity index (χ1v) is 9.95. The third-order valence-electron chi connectivity index (χ3n) is 5.74. The molecule has 0 saturated carbocycles. The molecule has 0 radical (unpaired) electrons. The molecule has 1 aromatic heterocycles. The van der Waals surface area contributed by atoms with Crippen molar-refractivity contribution in [2.75, 3.05) is 18.4 Å². The van der Waals surface area contributed by atoms with Gasteiger partial charge in [0.05, 0.1) is 11.5 Å². The first kappa shape index (κ1) is 19.4. The monoisotopic (exact) mass is 394 g/mol. The van der Waals surface area contributed by atoms with E-state index in [4.69, 9.17) is 0 Å². The number of aliphatic hydroxyl groups is 1. The Hall–Kier alpha value is -2.90. The standard InChI is InChI=1S/C22H26N4O3/c1-24-19(12-17-5-2-3-7-21(17)24)14-25-10-4-6-18(13-25)23-20-9-8-16(15-27)11-22(20)26(28)29/h2-3,5,7-9,11-12,18,23,27H,4,6,10,13-15H2,1H3. The molecule has 152 valence electrons. The molecule has 1 unspecified atom stereocenters. The molecule has 7 nitrogen and oxygen atoms in total. The smallest absolute Gasteiger partial charge is 0.292 e. The highest BCUT2D eigenvalue weighted by Gasteiger charge is 2.24. The van der Waals surface area contributed by atoms with E-state index in [0.717, 1.165) is 32.5 Å². The Labute approximate surface area is 169 Å². The molecule has 1 fully saturated rings. The van der Waals surface area contributed by atoms with Crippen LogP contribution in [0.5, 0.6) is 0 Å². The van der Waals surface area contributed by atoms with Crippen molar-refractivity contribution >= 4 is 22.3 Å². The van der Waals surface area contributed by atoms with E-state index in [-0.39, 0.29) is 18.3 Å². The largest absolute Gasteiger partial charge is 0.392 e. The predicted octanol–water partition coefficient (Wildman–Crippen LogP) is 3.66. The number of nitro groups is 1. The van der Waals surface area contributed by atoms with Crippen molar-refractivity contribution < 1.29 is 10.0 Å². The minimum Gasteiger partial charge on any atom is -0.392 e. The molecule has 1 saturated heterocycles. The van der Waals surface area contributed by atoms with Gasteiger partial charge in [-0.2, -0.15) is 0 Å². The van der Waals surface area contributed by atoms with E-state index in [1.807, 2.05) is 0 Å². The predicted molar refractivity (Wildman–Crippen MR) is 114 cm³/mol. The summed E-state index contributed by atoms with van der Waals surface area (Å²) in [6.45, 7) is 2.50. The van der Waals surface area contributed by atoms with Crippen LogP contribution in [0.25, 0.3) is 10.9 Å². The maximum Gasteiger partial charge on any atom is 0.292 e. The lowest BCUT2D eigenvalue weighted by Gasteiger charge is -2.33. The number of aromatic nitrogens is 1. The quantitative estimate of drug-likeness (QED) is 0.492. The molecule has 0 aliphatic carbocycles. The molecule has 1 aliphatic heterocycles. The fourth-order valence-electron chi connectivity index (χ4n) is 4.21. The van der Waals surface area contributed by atoms with E-state index in [2.05, 4.69) is 52.2 Å². The van der Waals surface area contributed by atoms with Gasteiger partial charge in [0.25, 0.3) is 5.69 Å². The number of aliphatic hydroxyl groups excluding tert-OH is 1. The van der Waals surface area contributed by atoms with Crippen LogP contribution in [0.4, 0.5) is 11.4 Å². The van der Waals surface area contributed by atoms with E-state index < -0.39 is 4.92 Å². The maximum atomic E-state index is 11.4. The number of rotatable bonds is 6. The second-order valence-electron chi connectivity index (χ2n) is 7.74. The van der Waals surface area contributed by atoms with Crippen molar-refractivity contribution in [3.05, 3.63) is 69.9 Å². The average Bonchev–Trinajstić information content (AvgIpc) is 3.04. The lowest BCUT2D eigenvalue weighted by Crippen LogP contribution is -2.41. The highest BCUT2D eigenvalue weighted by atomic mass is 16.6. The van der Waals surface area contributed by atoms with E-state index in [1.54, 1.807) is 12.1 Å². The third kappa shape index (κ3) is 4.11. The van der Waals surface area contributed by atoms with Gasteiger partial charge in [-0.1, -0.05) is 24.3 Å². The van der Waals surface area contributed by atoms with Crippen LogP contribution in [-0.2, 0) is 20.2 Å². The summed E-state index contributed by atoms with van der Waals surface area (Å²) in [5, 5.41) is 25.3. The zero-order valence-corrected chi connectivity index (χ0v) is 16.5. The SMILES string of the molecule is Cn1c(CN2CCCC(Nc3ccc(CO)cc3[N+](=O)[O-])C2)cc2ccccc21. The van der Waals surface area contributed by atoms with Crippen molar-refractivity contribution in [2.45, 2.75) is 32.0 Å². The number of nitrogens with zero attached hydrogens (tertiary/aromatic N) is 3. The summed E-state index contributed by atoms with van der Waals surface area (Å²) in [4.78, 5) is 13.4. The van der Waals surface area contributed by atoms with Crippen LogP contribution in [0.3, 0.4) is 0 Å². The molecule has 2 N–H and O–H groups in total. The molecule has 3 aromatic rings. The molecule has 1 aliphatic rings. The normalized spacial score (nSPS) is 17.5. The van der Waals surface area contributed by atoms with Crippen molar-refractivity contribution in [2.24, 2.45) is 7.05 Å². The molecular weight excluding hydrogens is 368 g/mol. The van der Waals surface area contributed by atoms with Gasteiger partial charge in [0, 0.05) is 43.5 Å². The third-order valence-corrected chi connectivity index (χ3v) is 5.74. The van der Waals surface area contributed by atoms with Crippen molar-refractivity contribution in [3.63, 3.8) is 0 Å². The maximum absolute atomic E-state index is 11.4. The number of nitro benzene ring substituents is 1. The molecule has 7 heteroatoms. The number of fused-ring (bicyclic) bond motifs is 1. The van der Waals surface area contributed by atoms with Crippen LogP contribution in [0, 0.1) is 10.1 Å². The summed E-state index contributed by atoms with van der Waals surface area (Å²) in [6, 6.07) is 15.6. The number of aryl methyl sites for hydroxylation is 1. The number of para-hydroxylation sites is 1. The first-order chi connectivity index (χ1) is 14.0. The number of likely N-dealkylation sites (tertiary alicyclic amines) is 1. The fraction of sp³-hybridized carbons (Fsp3) is 0.364. The Morgan fingerprint density at radius 1 is 1.24 bits per heavy atom. The lowest BCUT2D eigenvalue weighted by atomic mass is 10.0. The zero-order chi connectivity index (χ0) is 20.4. The second kappa shape index (κ2) is 8.23. The Morgan fingerprint density at radius 2 is 2.07 bits per heavy atom. The molecule has 29 heavy (non-hydrogen) atoms. The van der Waals surface area contributed by atoms with E-state index in [1.165, 1.54) is 22.7 Å². The van der Waals surface area contributed by atoms with Crippen molar-refractivity contribution in [3.8, 4) is 0 Å². The molecular formula is C22H26N4O3. The van der Waals surface area contributed by atoms with Gasteiger partial charge in [-0.05, 0) is 48.5 Å². The van der Waals surface area contributed by atoms with E-state index in [9.17, 15) is 15.2 Å². The average molecular weight is 394 g/mol. The number of hydrogen-bond acceptors (Lipinski definition) is 5. The molecule has 0 spiro atoms. The summed E-state index contributed by atoms with van der Waals surface area (Å²) < 4.78 is 2.24. The van der Waals surface area contributed by atoms with Crippen LogP contribution < -0.4 is 5.32 Å².